The maximum absolute atomic E-state index is 13.1. The first-order valence-corrected chi connectivity index (χ1v) is 6.44. The highest BCUT2D eigenvalue weighted by molar-refractivity contribution is 9.11. The van der Waals surface area contributed by atoms with E-state index in [0.717, 1.165) is 21.5 Å². The third kappa shape index (κ3) is 2.71. The fourth-order valence-corrected chi connectivity index (χ4v) is 2.75. The van der Waals surface area contributed by atoms with Crippen molar-refractivity contribution in [2.45, 2.75) is 6.04 Å². The lowest BCUT2D eigenvalue weighted by Gasteiger charge is -2.15. The lowest BCUT2D eigenvalue weighted by Crippen LogP contribution is -2.28. The van der Waals surface area contributed by atoms with Crippen LogP contribution in [-0.4, -0.2) is 0 Å². The van der Waals surface area contributed by atoms with Crippen LogP contribution in [0.5, 0.6) is 0 Å². The molecular formula is C11H9BrF2N2S. The maximum Gasteiger partial charge on any atom is 0.159 e. The smallest absolute Gasteiger partial charge is 0.159 e. The van der Waals surface area contributed by atoms with Crippen molar-refractivity contribution in [2.24, 2.45) is 5.84 Å². The molecule has 1 aromatic carbocycles. The summed E-state index contributed by atoms with van der Waals surface area (Å²) in [6.07, 6.45) is 0. The molecule has 90 valence electrons. The SMILES string of the molecule is NNC(c1csc(Br)c1)c1ccc(F)c(F)c1. The van der Waals surface area contributed by atoms with E-state index < -0.39 is 11.6 Å². The van der Waals surface area contributed by atoms with Crippen LogP contribution in [0.2, 0.25) is 0 Å². The summed E-state index contributed by atoms with van der Waals surface area (Å²) in [7, 11) is 0. The lowest BCUT2D eigenvalue weighted by molar-refractivity contribution is 0.504. The van der Waals surface area contributed by atoms with Gasteiger partial charge in [-0.1, -0.05) is 6.07 Å². The Morgan fingerprint density at radius 2 is 1.94 bits per heavy atom. The molecule has 0 amide bonds. The van der Waals surface area contributed by atoms with Gasteiger partial charge in [-0.25, -0.2) is 14.2 Å². The van der Waals surface area contributed by atoms with Crippen LogP contribution in [0.25, 0.3) is 0 Å². The van der Waals surface area contributed by atoms with Gasteiger partial charge < -0.3 is 0 Å². The van der Waals surface area contributed by atoms with Gasteiger partial charge in [0.1, 0.15) is 0 Å². The second-order valence-electron chi connectivity index (χ2n) is 3.46. The van der Waals surface area contributed by atoms with Crippen molar-refractivity contribution in [1.29, 1.82) is 0 Å². The van der Waals surface area contributed by atoms with Gasteiger partial charge >= 0.3 is 0 Å². The highest BCUT2D eigenvalue weighted by Gasteiger charge is 2.15. The van der Waals surface area contributed by atoms with E-state index in [0.29, 0.717) is 5.56 Å². The first-order chi connectivity index (χ1) is 8.11. The number of hydrogen-bond donors (Lipinski definition) is 2. The van der Waals surface area contributed by atoms with Gasteiger partial charge in [0.2, 0.25) is 0 Å². The van der Waals surface area contributed by atoms with Crippen LogP contribution in [0.15, 0.2) is 33.4 Å². The van der Waals surface area contributed by atoms with Crippen molar-refractivity contribution < 1.29 is 8.78 Å². The van der Waals surface area contributed by atoms with Crippen LogP contribution in [0.3, 0.4) is 0 Å². The Hall–Kier alpha value is -0.820. The molecule has 0 saturated heterocycles. The van der Waals surface area contributed by atoms with Crippen molar-refractivity contribution in [3.8, 4) is 0 Å². The van der Waals surface area contributed by atoms with Gasteiger partial charge in [0.15, 0.2) is 11.6 Å². The summed E-state index contributed by atoms with van der Waals surface area (Å²) in [5.74, 6) is 3.71. The van der Waals surface area contributed by atoms with Crippen LogP contribution in [0.1, 0.15) is 17.2 Å². The molecule has 1 heterocycles. The first-order valence-electron chi connectivity index (χ1n) is 4.77. The van der Waals surface area contributed by atoms with E-state index in [9.17, 15) is 8.78 Å². The van der Waals surface area contributed by atoms with E-state index in [2.05, 4.69) is 21.4 Å². The summed E-state index contributed by atoms with van der Waals surface area (Å²) >= 11 is 4.85. The Bertz CT molecular complexity index is 530. The number of hydrazine groups is 1. The minimum atomic E-state index is -0.878. The van der Waals surface area contributed by atoms with Crippen molar-refractivity contribution in [2.75, 3.05) is 0 Å². The average Bonchev–Trinajstić information content (AvgIpc) is 2.71. The predicted octanol–water partition coefficient (Wildman–Crippen LogP) is 3.34. The molecule has 0 fully saturated rings. The number of thiophene rings is 1. The highest BCUT2D eigenvalue weighted by Crippen LogP contribution is 2.29. The third-order valence-corrected chi connectivity index (χ3v) is 3.89. The van der Waals surface area contributed by atoms with Crippen molar-refractivity contribution in [3.05, 3.63) is 56.2 Å². The van der Waals surface area contributed by atoms with Crippen LogP contribution in [0, 0.1) is 11.6 Å². The van der Waals surface area contributed by atoms with Crippen LogP contribution < -0.4 is 11.3 Å². The zero-order valence-corrected chi connectivity index (χ0v) is 11.0. The van der Waals surface area contributed by atoms with Gasteiger partial charge in [0, 0.05) is 0 Å². The molecule has 0 aliphatic rings. The molecule has 6 heteroatoms. The largest absolute Gasteiger partial charge is 0.271 e. The fraction of sp³-hybridized carbons (Fsp3) is 0.0909. The van der Waals surface area contributed by atoms with Gasteiger partial charge in [-0.2, -0.15) is 0 Å². The number of hydrogen-bond acceptors (Lipinski definition) is 3. The topological polar surface area (TPSA) is 38.0 Å². The zero-order chi connectivity index (χ0) is 12.4. The van der Waals surface area contributed by atoms with E-state index >= 15 is 0 Å². The van der Waals surface area contributed by atoms with Gasteiger partial charge in [-0.15, -0.1) is 11.3 Å². The lowest BCUT2D eigenvalue weighted by atomic mass is 10.0. The Labute approximate surface area is 110 Å². The highest BCUT2D eigenvalue weighted by atomic mass is 79.9. The Kier molecular flexibility index (Phi) is 3.88. The van der Waals surface area contributed by atoms with Crippen molar-refractivity contribution >= 4 is 27.3 Å². The predicted molar refractivity (Wildman–Crippen MR) is 67.5 cm³/mol. The molecule has 2 nitrogen and oxygen atoms in total. The molecule has 0 spiro atoms. The van der Waals surface area contributed by atoms with Crippen LogP contribution >= 0.6 is 27.3 Å². The Morgan fingerprint density at radius 3 is 2.47 bits per heavy atom. The fourth-order valence-electron chi connectivity index (χ4n) is 1.55. The zero-order valence-electron chi connectivity index (χ0n) is 8.58. The van der Waals surface area contributed by atoms with E-state index in [-0.39, 0.29) is 6.04 Å². The molecule has 1 unspecified atom stereocenters. The number of halogens is 3. The van der Waals surface area contributed by atoms with E-state index in [1.807, 2.05) is 11.4 Å². The molecule has 0 aliphatic carbocycles. The first kappa shape index (κ1) is 12.6. The third-order valence-electron chi connectivity index (χ3n) is 2.36. The monoisotopic (exact) mass is 318 g/mol. The molecule has 0 saturated carbocycles. The van der Waals surface area contributed by atoms with Gasteiger partial charge in [-0.05, 0) is 50.6 Å². The molecule has 3 N–H and O–H groups in total. The van der Waals surface area contributed by atoms with E-state index in [4.69, 9.17) is 5.84 Å². The molecule has 0 bridgehead atoms. The molecule has 0 radical (unpaired) electrons. The maximum atomic E-state index is 13.1. The quantitative estimate of drug-likeness (QED) is 0.673. The molecule has 2 aromatic rings. The standard InChI is InChI=1S/C11H9BrF2N2S/c12-10-4-7(5-17-10)11(16-15)6-1-2-8(13)9(14)3-6/h1-5,11,16H,15H2. The summed E-state index contributed by atoms with van der Waals surface area (Å²) in [4.78, 5) is 0. The van der Waals surface area contributed by atoms with Crippen molar-refractivity contribution in [3.63, 3.8) is 0 Å². The number of nitrogens with two attached hydrogens (primary N) is 1. The summed E-state index contributed by atoms with van der Waals surface area (Å²) in [5.41, 5.74) is 4.07. The number of rotatable bonds is 3. The molecular weight excluding hydrogens is 310 g/mol. The molecule has 17 heavy (non-hydrogen) atoms. The minimum absolute atomic E-state index is 0.354. The molecule has 2 rings (SSSR count). The number of benzene rings is 1. The van der Waals surface area contributed by atoms with Gasteiger partial charge in [0.05, 0.1) is 9.83 Å². The molecule has 0 aliphatic heterocycles. The van der Waals surface area contributed by atoms with Crippen LogP contribution in [0.4, 0.5) is 8.78 Å². The summed E-state index contributed by atoms with van der Waals surface area (Å²) in [6.45, 7) is 0. The Morgan fingerprint density at radius 1 is 1.18 bits per heavy atom. The minimum Gasteiger partial charge on any atom is -0.271 e. The molecule has 1 aromatic heterocycles. The summed E-state index contributed by atoms with van der Waals surface area (Å²) in [5, 5.41) is 1.90. The second kappa shape index (κ2) is 5.22. The van der Waals surface area contributed by atoms with Crippen molar-refractivity contribution in [1.82, 2.24) is 5.43 Å². The summed E-state index contributed by atoms with van der Waals surface area (Å²) < 4.78 is 26.9. The van der Waals surface area contributed by atoms with Gasteiger partial charge in [-0.3, -0.25) is 5.84 Å². The second-order valence-corrected chi connectivity index (χ2v) is 5.75. The number of nitrogens with one attached hydrogen (secondary N) is 1. The summed E-state index contributed by atoms with van der Waals surface area (Å²) in [6, 6.07) is 5.28. The van der Waals surface area contributed by atoms with E-state index in [1.165, 1.54) is 17.4 Å². The normalized spacial score (nSPS) is 12.7. The molecule has 1 atom stereocenters. The Balaban J connectivity index is 2.38. The van der Waals surface area contributed by atoms with Crippen LogP contribution in [-0.2, 0) is 0 Å². The average molecular weight is 319 g/mol. The van der Waals surface area contributed by atoms with Gasteiger partial charge in [0.25, 0.3) is 0 Å². The van der Waals surface area contributed by atoms with E-state index in [1.54, 1.807) is 0 Å².